The van der Waals surface area contributed by atoms with Crippen LogP contribution in [0.25, 0.3) is 11.8 Å². The first-order valence-corrected chi connectivity index (χ1v) is 11.3. The minimum Gasteiger partial charge on any atom is -0.495 e. The number of methoxy groups -OCH3 is 1. The number of benzene rings is 2. The molecule has 0 radical (unpaired) electrons. The maximum atomic E-state index is 6.21. The van der Waals surface area contributed by atoms with Crippen LogP contribution in [0.15, 0.2) is 65.7 Å². The van der Waals surface area contributed by atoms with Crippen molar-refractivity contribution < 1.29 is 14.3 Å². The molecule has 34 heavy (non-hydrogen) atoms. The van der Waals surface area contributed by atoms with Gasteiger partial charge in [-0.3, -0.25) is 0 Å². The Hall–Kier alpha value is -3.74. The van der Waals surface area contributed by atoms with Gasteiger partial charge in [-0.25, -0.2) is 4.98 Å². The molecule has 3 aliphatic heterocycles. The average Bonchev–Trinajstić information content (AvgIpc) is 3.44. The summed E-state index contributed by atoms with van der Waals surface area (Å²) in [6.45, 7) is 3.50. The normalized spacial score (nSPS) is 21.8. The van der Waals surface area contributed by atoms with E-state index in [9.17, 15) is 0 Å². The second-order valence-electron chi connectivity index (χ2n) is 8.66. The fourth-order valence-electron chi connectivity index (χ4n) is 5.06. The summed E-state index contributed by atoms with van der Waals surface area (Å²) < 4.78 is 13.6. The van der Waals surface area contributed by atoms with Crippen molar-refractivity contribution in [2.45, 2.75) is 39.3 Å². The van der Waals surface area contributed by atoms with Gasteiger partial charge in [-0.05, 0) is 61.2 Å². The summed E-state index contributed by atoms with van der Waals surface area (Å²) in [5.74, 6) is 2.60. The van der Waals surface area contributed by atoms with E-state index in [-0.39, 0.29) is 7.43 Å². The number of piperidine rings is 1. The maximum absolute atomic E-state index is 6.21. The van der Waals surface area contributed by atoms with Crippen molar-refractivity contribution in [1.29, 1.82) is 0 Å². The van der Waals surface area contributed by atoms with Gasteiger partial charge in [0.1, 0.15) is 11.5 Å². The summed E-state index contributed by atoms with van der Waals surface area (Å²) in [6.07, 6.45) is 8.74. The van der Waals surface area contributed by atoms with E-state index in [0.717, 1.165) is 65.7 Å². The second-order valence-corrected chi connectivity index (χ2v) is 8.66. The number of nitrogens with zero attached hydrogens (tertiary/aromatic N) is 4. The summed E-state index contributed by atoms with van der Waals surface area (Å²) in [5, 5.41) is 4.60. The third-order valence-corrected chi connectivity index (χ3v) is 6.63. The highest BCUT2D eigenvalue weighted by Crippen LogP contribution is 2.47. The van der Waals surface area contributed by atoms with Crippen LogP contribution < -0.4 is 9.47 Å². The van der Waals surface area contributed by atoms with Gasteiger partial charge < -0.3 is 23.8 Å². The predicted octanol–water partition coefficient (Wildman–Crippen LogP) is 5.28. The van der Waals surface area contributed by atoms with E-state index in [1.54, 1.807) is 13.4 Å². The Bertz CT molecular complexity index is 1280. The minimum atomic E-state index is -0.579. The molecule has 0 amide bonds. The SMILES string of the molecule is C.COc1cc(/C=C2\CCCN3C2=NOC32CCOc3ccccc32)ccc1-n1cnc(C)c1. The molecular formula is C27H30N4O3. The van der Waals surface area contributed by atoms with Crippen molar-refractivity contribution in [3.63, 3.8) is 0 Å². The molecule has 1 aromatic heterocycles. The van der Waals surface area contributed by atoms with E-state index in [1.807, 2.05) is 35.9 Å². The van der Waals surface area contributed by atoms with E-state index in [4.69, 9.17) is 14.3 Å². The molecule has 0 saturated carbocycles. The van der Waals surface area contributed by atoms with Gasteiger partial charge in [0, 0.05) is 19.2 Å². The predicted molar refractivity (Wildman–Crippen MR) is 132 cm³/mol. The third kappa shape index (κ3) is 3.43. The molecule has 1 spiro atoms. The highest BCUT2D eigenvalue weighted by atomic mass is 16.7. The molecule has 0 bridgehead atoms. The zero-order valence-corrected chi connectivity index (χ0v) is 18.8. The van der Waals surface area contributed by atoms with E-state index < -0.39 is 5.72 Å². The highest BCUT2D eigenvalue weighted by Gasteiger charge is 2.52. The summed E-state index contributed by atoms with van der Waals surface area (Å²) in [6, 6.07) is 14.4. The van der Waals surface area contributed by atoms with E-state index in [2.05, 4.69) is 45.4 Å². The lowest BCUT2D eigenvalue weighted by Crippen LogP contribution is -2.51. The number of para-hydroxylation sites is 1. The first kappa shape index (κ1) is 22.1. The van der Waals surface area contributed by atoms with Crippen molar-refractivity contribution in [3.05, 3.63) is 77.4 Å². The van der Waals surface area contributed by atoms with Gasteiger partial charge in [-0.15, -0.1) is 0 Å². The standard InChI is InChI=1S/C26H26N4O3.CH4/c1-18-16-29(17-27-18)22-10-9-19(15-24(22)31-2)14-20-6-5-12-30-25(20)28-33-26(30)11-13-32-23-8-4-3-7-21(23)26;/h3-4,7-10,14-17H,5-6,11-13H2,1-2H3;1H4/b20-14+;. The van der Waals surface area contributed by atoms with Crippen LogP contribution in [0.3, 0.4) is 0 Å². The van der Waals surface area contributed by atoms with Crippen molar-refractivity contribution >= 4 is 11.9 Å². The lowest BCUT2D eigenvalue weighted by molar-refractivity contribution is -0.128. The molecule has 1 fully saturated rings. The van der Waals surface area contributed by atoms with Crippen molar-refractivity contribution in [1.82, 2.24) is 14.5 Å². The number of imidazole rings is 1. The van der Waals surface area contributed by atoms with Crippen LogP contribution in [0.4, 0.5) is 0 Å². The molecule has 4 heterocycles. The first-order valence-electron chi connectivity index (χ1n) is 11.3. The number of fused-ring (bicyclic) bond motifs is 4. The number of hydrogen-bond donors (Lipinski definition) is 0. The van der Waals surface area contributed by atoms with Crippen LogP contribution in [0.2, 0.25) is 0 Å². The summed E-state index contributed by atoms with van der Waals surface area (Å²) in [7, 11) is 1.70. The molecule has 3 aromatic rings. The fourth-order valence-corrected chi connectivity index (χ4v) is 5.06. The molecule has 6 rings (SSSR count). The van der Waals surface area contributed by atoms with Gasteiger partial charge in [0.15, 0.2) is 5.84 Å². The Balaban J connectivity index is 0.00000241. The molecular weight excluding hydrogens is 428 g/mol. The number of ether oxygens (including phenoxy) is 2. The lowest BCUT2D eigenvalue weighted by Gasteiger charge is -2.42. The van der Waals surface area contributed by atoms with Crippen LogP contribution in [0, 0.1) is 6.92 Å². The Morgan fingerprint density at radius 3 is 2.88 bits per heavy atom. The van der Waals surface area contributed by atoms with E-state index >= 15 is 0 Å². The Labute approximate surface area is 200 Å². The van der Waals surface area contributed by atoms with Crippen LogP contribution in [0.1, 0.15) is 43.5 Å². The average molecular weight is 459 g/mol. The third-order valence-electron chi connectivity index (χ3n) is 6.63. The van der Waals surface area contributed by atoms with Gasteiger partial charge in [-0.2, -0.15) is 0 Å². The second kappa shape index (κ2) is 8.56. The Kier molecular flexibility index (Phi) is 5.55. The maximum Gasteiger partial charge on any atom is 0.244 e. The molecule has 0 aliphatic carbocycles. The number of amidine groups is 1. The molecule has 0 N–H and O–H groups in total. The number of aromatic nitrogens is 2. The Morgan fingerprint density at radius 1 is 1.18 bits per heavy atom. The largest absolute Gasteiger partial charge is 0.495 e. The van der Waals surface area contributed by atoms with Crippen LogP contribution in [-0.2, 0) is 10.6 Å². The number of oxime groups is 1. The monoisotopic (exact) mass is 458 g/mol. The van der Waals surface area contributed by atoms with Gasteiger partial charge >= 0.3 is 0 Å². The summed E-state index contributed by atoms with van der Waals surface area (Å²) >= 11 is 0. The summed E-state index contributed by atoms with van der Waals surface area (Å²) in [5.41, 5.74) is 4.65. The molecule has 2 aromatic carbocycles. The summed E-state index contributed by atoms with van der Waals surface area (Å²) in [4.78, 5) is 12.9. The van der Waals surface area contributed by atoms with Crippen molar-refractivity contribution in [2.75, 3.05) is 20.3 Å². The molecule has 1 unspecified atom stereocenters. The fraction of sp³-hybridized carbons (Fsp3) is 0.333. The van der Waals surface area contributed by atoms with Crippen LogP contribution in [0.5, 0.6) is 11.5 Å². The van der Waals surface area contributed by atoms with E-state index in [1.165, 1.54) is 5.57 Å². The zero-order valence-electron chi connectivity index (χ0n) is 18.8. The van der Waals surface area contributed by atoms with Gasteiger partial charge in [-0.1, -0.05) is 30.8 Å². The van der Waals surface area contributed by atoms with Crippen molar-refractivity contribution in [3.8, 4) is 17.2 Å². The molecule has 1 saturated heterocycles. The molecule has 7 nitrogen and oxygen atoms in total. The molecule has 1 atom stereocenters. The first-order chi connectivity index (χ1) is 16.2. The Morgan fingerprint density at radius 2 is 2.06 bits per heavy atom. The van der Waals surface area contributed by atoms with Gasteiger partial charge in [0.25, 0.3) is 0 Å². The number of hydrogen-bond acceptors (Lipinski definition) is 6. The number of rotatable bonds is 3. The van der Waals surface area contributed by atoms with Crippen molar-refractivity contribution in [2.24, 2.45) is 5.16 Å². The highest BCUT2D eigenvalue weighted by molar-refractivity contribution is 6.03. The molecule has 7 heteroatoms. The van der Waals surface area contributed by atoms with E-state index in [0.29, 0.717) is 6.61 Å². The molecule has 3 aliphatic rings. The van der Waals surface area contributed by atoms with Gasteiger partial charge in [0.2, 0.25) is 5.72 Å². The van der Waals surface area contributed by atoms with Gasteiger partial charge in [0.05, 0.1) is 37.0 Å². The number of aryl methyl sites for hydroxylation is 1. The topological polar surface area (TPSA) is 61.1 Å². The quantitative estimate of drug-likeness (QED) is 0.534. The van der Waals surface area contributed by atoms with Crippen LogP contribution in [-0.4, -0.2) is 40.5 Å². The van der Waals surface area contributed by atoms with Crippen LogP contribution >= 0.6 is 0 Å². The lowest BCUT2D eigenvalue weighted by atomic mass is 9.91. The zero-order chi connectivity index (χ0) is 22.4. The smallest absolute Gasteiger partial charge is 0.244 e. The minimum absolute atomic E-state index is 0. The molecule has 176 valence electrons.